The first-order chi connectivity index (χ1) is 25.2. The quantitative estimate of drug-likeness (QED) is 0.0357. The molecule has 11 heteroatoms. The van der Waals surface area contributed by atoms with E-state index in [0.29, 0.717) is 57.8 Å². The molecule has 4 nitrogen and oxygen atoms in total. The minimum Gasteiger partial charge on any atom is -0.277 e. The molecule has 0 aromatic carbocycles. The molecule has 6 atom stereocenters. The van der Waals surface area contributed by atoms with Crippen molar-refractivity contribution in [3.8, 4) is 0 Å². The topological polar surface area (TPSA) is 44.8 Å². The predicted molar refractivity (Wildman–Crippen MR) is 239 cm³/mol. The Kier molecular flexibility index (Phi) is 31.0. The van der Waals surface area contributed by atoms with E-state index in [2.05, 4.69) is 20.8 Å². The number of unbranched alkanes of at least 4 members (excludes halogenated alkanes) is 12. The van der Waals surface area contributed by atoms with Crippen LogP contribution < -0.4 is 0 Å². The Hall–Kier alpha value is 1.85. The lowest BCUT2D eigenvalue weighted by Gasteiger charge is -2.49. The minimum atomic E-state index is -4.68. The molecular weight excluding hydrogens is 812 g/mol. The Bertz CT molecular complexity index is 801. The first kappa shape index (κ1) is 54.9. The Balaban J connectivity index is 7.88. The number of halogens is 6. The van der Waals surface area contributed by atoms with Gasteiger partial charge in [-0.15, -0.1) is 69.6 Å². The number of alkyl halides is 6. The highest BCUT2D eigenvalue weighted by molar-refractivity contribution is 7.48. The van der Waals surface area contributed by atoms with Crippen LogP contribution in [0, 0.1) is 0 Å². The summed E-state index contributed by atoms with van der Waals surface area (Å²) in [7, 11) is -4.68. The molecule has 0 amide bonds. The van der Waals surface area contributed by atoms with Crippen LogP contribution in [0.25, 0.3) is 0 Å². The van der Waals surface area contributed by atoms with Crippen LogP contribution in [0.15, 0.2) is 0 Å². The standard InChI is InChI=1S/C42H81Cl6O4P/c1-10-19-22-25-28-31-40(34(43)13-4,35(44)14-5)50-53(49,51-41(36(45)15-6,37(46)16-7)32-29-26-23-20-11-2)52-42(38(47)17-8,39(48)18-9)33-30-27-24-21-12-3/h34-39H,10-33H2,1-9H3. The first-order valence-electron chi connectivity index (χ1n) is 21.8. The van der Waals surface area contributed by atoms with Crippen molar-refractivity contribution in [3.05, 3.63) is 0 Å². The van der Waals surface area contributed by atoms with Gasteiger partial charge < -0.3 is 0 Å². The second-order valence-electron chi connectivity index (χ2n) is 15.3. The maximum Gasteiger partial charge on any atom is 0.476 e. The largest absolute Gasteiger partial charge is 0.476 e. The summed E-state index contributed by atoms with van der Waals surface area (Å²) in [5, 5.41) is -3.44. The van der Waals surface area contributed by atoms with Gasteiger partial charge in [0, 0.05) is 0 Å². The first-order valence-corrected chi connectivity index (χ1v) is 25.8. The zero-order valence-electron chi connectivity index (χ0n) is 35.3. The van der Waals surface area contributed by atoms with E-state index >= 15 is 4.57 Å². The van der Waals surface area contributed by atoms with Gasteiger partial charge in [0.1, 0.15) is 16.8 Å². The highest BCUT2D eigenvalue weighted by atomic mass is 35.5. The van der Waals surface area contributed by atoms with Gasteiger partial charge in [-0.1, -0.05) is 159 Å². The SMILES string of the molecule is CCCCCCCC(OP(=O)(OC(CCCCCCC)(C(Cl)CC)C(Cl)CC)OC(CCCCCCC)(C(Cl)CC)C(Cl)CC)(C(Cl)CC)C(Cl)CC. The van der Waals surface area contributed by atoms with E-state index in [0.717, 1.165) is 96.3 Å². The Morgan fingerprint density at radius 3 is 0.717 bits per heavy atom. The third-order valence-electron chi connectivity index (χ3n) is 11.2. The summed E-state index contributed by atoms with van der Waals surface area (Å²) in [4.78, 5) is 0. The van der Waals surface area contributed by atoms with Crippen molar-refractivity contribution in [3.63, 3.8) is 0 Å². The zero-order chi connectivity index (χ0) is 40.6. The number of phosphoric acid groups is 1. The summed E-state index contributed by atoms with van der Waals surface area (Å²) in [5.41, 5.74) is -3.71. The lowest BCUT2D eigenvalue weighted by molar-refractivity contribution is -0.0831. The van der Waals surface area contributed by atoms with Gasteiger partial charge >= 0.3 is 7.82 Å². The highest BCUT2D eigenvalue weighted by Crippen LogP contribution is 2.65. The van der Waals surface area contributed by atoms with Gasteiger partial charge in [-0.25, -0.2) is 4.57 Å². The summed E-state index contributed by atoms with van der Waals surface area (Å²) < 4.78 is 37.8. The van der Waals surface area contributed by atoms with Gasteiger partial charge in [0.25, 0.3) is 0 Å². The van der Waals surface area contributed by atoms with Crippen molar-refractivity contribution in [1.82, 2.24) is 0 Å². The predicted octanol–water partition coefficient (Wildman–Crippen LogP) is 17.5. The summed E-state index contributed by atoms with van der Waals surface area (Å²) >= 11 is 44.0. The molecular formula is C42H81Cl6O4P. The molecule has 0 rings (SSSR count). The van der Waals surface area contributed by atoms with E-state index in [9.17, 15) is 0 Å². The second-order valence-corrected chi connectivity index (χ2v) is 19.9. The van der Waals surface area contributed by atoms with E-state index in [1.807, 2.05) is 41.5 Å². The third kappa shape index (κ3) is 17.2. The molecule has 0 fully saturated rings. The van der Waals surface area contributed by atoms with E-state index in [1.165, 1.54) is 0 Å². The van der Waals surface area contributed by atoms with Crippen LogP contribution in [-0.4, -0.2) is 49.1 Å². The van der Waals surface area contributed by atoms with Gasteiger partial charge in [-0.2, -0.15) is 0 Å². The van der Waals surface area contributed by atoms with Crippen molar-refractivity contribution < 1.29 is 18.1 Å². The second kappa shape index (κ2) is 30.0. The van der Waals surface area contributed by atoms with Crippen LogP contribution >= 0.6 is 77.4 Å². The van der Waals surface area contributed by atoms with E-state index in [-0.39, 0.29) is 0 Å². The van der Waals surface area contributed by atoms with Crippen LogP contribution in [0.3, 0.4) is 0 Å². The maximum atomic E-state index is 16.4. The Labute approximate surface area is 358 Å². The molecule has 0 aliphatic carbocycles. The van der Waals surface area contributed by atoms with Crippen molar-refractivity contribution in [1.29, 1.82) is 0 Å². The fraction of sp³-hybridized carbons (Fsp3) is 1.00. The van der Waals surface area contributed by atoms with Crippen LogP contribution in [0.2, 0.25) is 0 Å². The van der Waals surface area contributed by atoms with Gasteiger partial charge in [-0.05, 0) is 57.8 Å². The lowest BCUT2D eigenvalue weighted by Crippen LogP contribution is -2.55. The van der Waals surface area contributed by atoms with E-state index in [1.54, 1.807) is 0 Å². The van der Waals surface area contributed by atoms with Gasteiger partial charge in [0.2, 0.25) is 0 Å². The summed E-state index contributed by atoms with van der Waals surface area (Å²) in [6.07, 6.45) is 20.2. The molecule has 0 bridgehead atoms. The molecule has 320 valence electrons. The van der Waals surface area contributed by atoms with Gasteiger partial charge in [0.15, 0.2) is 0 Å². The van der Waals surface area contributed by atoms with Crippen molar-refractivity contribution in [2.45, 2.75) is 265 Å². The van der Waals surface area contributed by atoms with Crippen molar-refractivity contribution >= 4 is 77.4 Å². The third-order valence-corrected chi connectivity index (χ3v) is 16.9. The van der Waals surface area contributed by atoms with E-state index < -0.39 is 56.9 Å². The number of hydrogen-bond acceptors (Lipinski definition) is 4. The molecule has 0 saturated heterocycles. The van der Waals surface area contributed by atoms with Crippen LogP contribution in [0.4, 0.5) is 0 Å². The summed E-state index contributed by atoms with van der Waals surface area (Å²) in [6, 6.07) is 0. The van der Waals surface area contributed by atoms with Gasteiger partial charge in [0.05, 0.1) is 32.3 Å². The normalized spacial score (nSPS) is 20.4. The molecule has 0 spiro atoms. The van der Waals surface area contributed by atoms with Crippen molar-refractivity contribution in [2.75, 3.05) is 0 Å². The van der Waals surface area contributed by atoms with Crippen LogP contribution in [-0.2, 0) is 18.1 Å². The average molecular weight is 894 g/mol. The molecule has 0 heterocycles. The monoisotopic (exact) mass is 890 g/mol. The minimum absolute atomic E-state index is 0.498. The van der Waals surface area contributed by atoms with Crippen molar-refractivity contribution in [2.24, 2.45) is 0 Å². The fourth-order valence-electron chi connectivity index (χ4n) is 7.78. The average Bonchev–Trinajstić information content (AvgIpc) is 3.16. The molecule has 0 aromatic heterocycles. The maximum absolute atomic E-state index is 16.4. The number of phosphoric ester groups is 1. The molecule has 0 saturated carbocycles. The molecule has 0 aliphatic rings. The molecule has 0 radical (unpaired) electrons. The molecule has 0 aliphatic heterocycles. The molecule has 0 N–H and O–H groups in total. The summed E-state index contributed by atoms with van der Waals surface area (Å²) in [6.45, 7) is 18.7. The molecule has 0 aromatic rings. The lowest BCUT2D eigenvalue weighted by atomic mass is 9.86. The van der Waals surface area contributed by atoms with Crippen LogP contribution in [0.5, 0.6) is 0 Å². The highest BCUT2D eigenvalue weighted by Gasteiger charge is 2.59. The zero-order valence-corrected chi connectivity index (χ0v) is 40.7. The Morgan fingerprint density at radius 2 is 0.547 bits per heavy atom. The number of rotatable bonds is 36. The van der Waals surface area contributed by atoms with Crippen LogP contribution in [0.1, 0.15) is 216 Å². The smallest absolute Gasteiger partial charge is 0.277 e. The van der Waals surface area contributed by atoms with E-state index in [4.69, 9.17) is 83.2 Å². The Morgan fingerprint density at radius 1 is 0.358 bits per heavy atom. The molecule has 6 unspecified atom stereocenters. The summed E-state index contributed by atoms with van der Waals surface area (Å²) in [5.74, 6) is 0. The fourth-order valence-corrected chi connectivity index (χ4v) is 12.6. The van der Waals surface area contributed by atoms with Gasteiger partial charge in [-0.3, -0.25) is 13.6 Å². The molecule has 53 heavy (non-hydrogen) atoms. The number of hydrogen-bond donors (Lipinski definition) is 0.